The Morgan fingerprint density at radius 1 is 1.54 bits per heavy atom. The first kappa shape index (κ1) is 8.51. The fraction of sp³-hybridized carbons (Fsp3) is 0.400. The maximum absolute atomic E-state index is 13.0. The van der Waals surface area contributed by atoms with Crippen molar-refractivity contribution in [1.29, 1.82) is 0 Å². The Morgan fingerprint density at radius 3 is 3.08 bits per heavy atom. The lowest BCUT2D eigenvalue weighted by molar-refractivity contribution is 0.267. The SMILES string of the molecule is Cc1cc(F)cc2c1[C@@H](N)CCO2. The van der Waals surface area contributed by atoms with Crippen LogP contribution in [0, 0.1) is 12.7 Å². The molecule has 0 amide bonds. The van der Waals surface area contributed by atoms with Gasteiger partial charge in [-0.2, -0.15) is 0 Å². The van der Waals surface area contributed by atoms with Gasteiger partial charge in [0, 0.05) is 24.1 Å². The molecular formula is C10H12FNO. The van der Waals surface area contributed by atoms with Crippen LogP contribution in [0.5, 0.6) is 5.75 Å². The van der Waals surface area contributed by atoms with Crippen LogP contribution in [0.15, 0.2) is 12.1 Å². The van der Waals surface area contributed by atoms with Crippen molar-refractivity contribution in [3.63, 3.8) is 0 Å². The highest BCUT2D eigenvalue weighted by atomic mass is 19.1. The predicted molar refractivity (Wildman–Crippen MR) is 48.2 cm³/mol. The first-order valence-corrected chi connectivity index (χ1v) is 4.37. The van der Waals surface area contributed by atoms with Gasteiger partial charge in [-0.15, -0.1) is 0 Å². The third-order valence-electron chi connectivity index (χ3n) is 2.37. The maximum atomic E-state index is 13.0. The van der Waals surface area contributed by atoms with Crippen LogP contribution in [0.2, 0.25) is 0 Å². The summed E-state index contributed by atoms with van der Waals surface area (Å²) < 4.78 is 18.3. The van der Waals surface area contributed by atoms with Crippen molar-refractivity contribution in [2.45, 2.75) is 19.4 Å². The third kappa shape index (κ3) is 1.40. The zero-order valence-electron chi connectivity index (χ0n) is 7.51. The quantitative estimate of drug-likeness (QED) is 0.663. The number of ether oxygens (including phenoxy) is 1. The summed E-state index contributed by atoms with van der Waals surface area (Å²) in [6, 6.07) is 2.89. The second kappa shape index (κ2) is 3.00. The first-order chi connectivity index (χ1) is 6.18. The van der Waals surface area contributed by atoms with Crippen LogP contribution in [-0.2, 0) is 0 Å². The molecule has 1 heterocycles. The zero-order chi connectivity index (χ0) is 9.42. The Kier molecular flexibility index (Phi) is 1.96. The highest BCUT2D eigenvalue weighted by Crippen LogP contribution is 2.33. The van der Waals surface area contributed by atoms with Crippen LogP contribution in [0.4, 0.5) is 4.39 Å². The van der Waals surface area contributed by atoms with Gasteiger partial charge in [0.15, 0.2) is 0 Å². The molecule has 1 aliphatic heterocycles. The summed E-state index contributed by atoms with van der Waals surface area (Å²) in [6.07, 6.45) is 0.805. The monoisotopic (exact) mass is 181 g/mol. The molecule has 0 radical (unpaired) electrons. The molecular weight excluding hydrogens is 169 g/mol. The van der Waals surface area contributed by atoms with Crippen LogP contribution in [0.3, 0.4) is 0 Å². The Bertz CT molecular complexity index is 338. The van der Waals surface area contributed by atoms with E-state index in [0.29, 0.717) is 12.4 Å². The van der Waals surface area contributed by atoms with Crippen LogP contribution in [0.25, 0.3) is 0 Å². The fourth-order valence-electron chi connectivity index (χ4n) is 1.76. The summed E-state index contributed by atoms with van der Waals surface area (Å²) in [5.74, 6) is 0.349. The Labute approximate surface area is 76.5 Å². The molecule has 0 aromatic heterocycles. The molecule has 1 aromatic carbocycles. The van der Waals surface area contributed by atoms with Gasteiger partial charge in [-0.25, -0.2) is 4.39 Å². The van der Waals surface area contributed by atoms with Gasteiger partial charge in [0.25, 0.3) is 0 Å². The maximum Gasteiger partial charge on any atom is 0.127 e. The Hall–Kier alpha value is -1.09. The van der Waals surface area contributed by atoms with E-state index >= 15 is 0 Å². The minimum Gasteiger partial charge on any atom is -0.493 e. The van der Waals surface area contributed by atoms with E-state index in [-0.39, 0.29) is 11.9 Å². The van der Waals surface area contributed by atoms with Gasteiger partial charge in [0.2, 0.25) is 0 Å². The summed E-state index contributed by atoms with van der Waals surface area (Å²) in [5, 5.41) is 0. The van der Waals surface area contributed by atoms with Crippen LogP contribution < -0.4 is 10.5 Å². The van der Waals surface area contributed by atoms with Crippen molar-refractivity contribution in [1.82, 2.24) is 0 Å². The lowest BCUT2D eigenvalue weighted by Gasteiger charge is -2.24. The first-order valence-electron chi connectivity index (χ1n) is 4.37. The molecule has 0 aliphatic carbocycles. The smallest absolute Gasteiger partial charge is 0.127 e. The van der Waals surface area contributed by atoms with Gasteiger partial charge in [-0.05, 0) is 18.6 Å². The van der Waals surface area contributed by atoms with Gasteiger partial charge in [-0.3, -0.25) is 0 Å². The fourth-order valence-corrected chi connectivity index (χ4v) is 1.76. The van der Waals surface area contributed by atoms with Crippen LogP contribution in [0.1, 0.15) is 23.6 Å². The molecule has 0 fully saturated rings. The van der Waals surface area contributed by atoms with E-state index in [2.05, 4.69) is 0 Å². The van der Waals surface area contributed by atoms with E-state index < -0.39 is 0 Å². The topological polar surface area (TPSA) is 35.2 Å². The lowest BCUT2D eigenvalue weighted by atomic mass is 9.96. The summed E-state index contributed by atoms with van der Waals surface area (Å²) in [5.41, 5.74) is 7.72. The number of rotatable bonds is 0. The van der Waals surface area contributed by atoms with Gasteiger partial charge in [0.05, 0.1) is 6.61 Å². The van der Waals surface area contributed by atoms with Crippen LogP contribution >= 0.6 is 0 Å². The zero-order valence-corrected chi connectivity index (χ0v) is 7.51. The minimum atomic E-state index is -0.259. The van der Waals surface area contributed by atoms with E-state index in [1.165, 1.54) is 12.1 Å². The molecule has 70 valence electrons. The number of fused-ring (bicyclic) bond motifs is 1. The number of aryl methyl sites for hydroxylation is 1. The number of halogens is 1. The molecule has 1 aliphatic rings. The number of nitrogens with two attached hydrogens (primary N) is 1. The molecule has 0 spiro atoms. The summed E-state index contributed by atoms with van der Waals surface area (Å²) >= 11 is 0. The molecule has 1 aromatic rings. The Morgan fingerprint density at radius 2 is 2.31 bits per heavy atom. The van der Waals surface area contributed by atoms with Crippen molar-refractivity contribution in [2.24, 2.45) is 5.73 Å². The normalized spacial score (nSPS) is 20.7. The molecule has 0 bridgehead atoms. The van der Waals surface area contributed by atoms with E-state index in [4.69, 9.17) is 10.5 Å². The second-order valence-electron chi connectivity index (χ2n) is 3.38. The molecule has 2 N–H and O–H groups in total. The van der Waals surface area contributed by atoms with Gasteiger partial charge in [-0.1, -0.05) is 0 Å². The number of hydrogen-bond acceptors (Lipinski definition) is 2. The lowest BCUT2D eigenvalue weighted by Crippen LogP contribution is -2.21. The summed E-state index contributed by atoms with van der Waals surface area (Å²) in [7, 11) is 0. The second-order valence-corrected chi connectivity index (χ2v) is 3.38. The summed E-state index contributed by atoms with van der Waals surface area (Å²) in [6.45, 7) is 2.44. The van der Waals surface area contributed by atoms with E-state index in [1.807, 2.05) is 6.92 Å². The molecule has 0 saturated carbocycles. The van der Waals surface area contributed by atoms with Crippen molar-refractivity contribution < 1.29 is 9.13 Å². The molecule has 13 heavy (non-hydrogen) atoms. The van der Waals surface area contributed by atoms with Gasteiger partial charge in [0.1, 0.15) is 11.6 Å². The highest BCUT2D eigenvalue weighted by molar-refractivity contribution is 5.43. The molecule has 0 saturated heterocycles. The predicted octanol–water partition coefficient (Wildman–Crippen LogP) is 1.92. The van der Waals surface area contributed by atoms with Crippen molar-refractivity contribution >= 4 is 0 Å². The van der Waals surface area contributed by atoms with Gasteiger partial charge >= 0.3 is 0 Å². The van der Waals surface area contributed by atoms with Crippen molar-refractivity contribution in [2.75, 3.05) is 6.61 Å². The number of benzene rings is 1. The van der Waals surface area contributed by atoms with Gasteiger partial charge < -0.3 is 10.5 Å². The van der Waals surface area contributed by atoms with Crippen LogP contribution in [-0.4, -0.2) is 6.61 Å². The molecule has 2 nitrogen and oxygen atoms in total. The molecule has 3 heteroatoms. The molecule has 2 rings (SSSR count). The summed E-state index contributed by atoms with van der Waals surface area (Å²) in [4.78, 5) is 0. The van der Waals surface area contributed by atoms with Crippen molar-refractivity contribution in [3.05, 3.63) is 29.1 Å². The van der Waals surface area contributed by atoms with Crippen molar-refractivity contribution in [3.8, 4) is 5.75 Å². The largest absolute Gasteiger partial charge is 0.493 e. The van der Waals surface area contributed by atoms with E-state index in [9.17, 15) is 4.39 Å². The van der Waals surface area contributed by atoms with E-state index in [1.54, 1.807) is 0 Å². The number of hydrogen-bond donors (Lipinski definition) is 1. The highest BCUT2D eigenvalue weighted by Gasteiger charge is 2.20. The molecule has 0 unspecified atom stereocenters. The van der Waals surface area contributed by atoms with E-state index in [0.717, 1.165) is 17.5 Å². The third-order valence-corrected chi connectivity index (χ3v) is 2.37. The average Bonchev–Trinajstić information content (AvgIpc) is 2.02. The molecule has 1 atom stereocenters. The minimum absolute atomic E-state index is 0.00986. The Balaban J connectivity index is 2.56. The average molecular weight is 181 g/mol. The standard InChI is InChI=1S/C10H12FNO/c1-6-4-7(11)5-9-10(6)8(12)2-3-13-9/h4-5,8H,2-3,12H2,1H3/t8-/m0/s1.